The summed E-state index contributed by atoms with van der Waals surface area (Å²) in [7, 11) is 2.94. The van der Waals surface area contributed by atoms with Gasteiger partial charge in [0.2, 0.25) is 11.8 Å². The SMILES string of the molecule is COC(=O)C(CN(C)CC(=O)NC(C)C)NC(C)=O. The van der Waals surface area contributed by atoms with Crippen molar-refractivity contribution in [2.45, 2.75) is 32.9 Å². The Morgan fingerprint density at radius 2 is 1.79 bits per heavy atom. The molecule has 0 radical (unpaired) electrons. The van der Waals surface area contributed by atoms with Gasteiger partial charge in [0.25, 0.3) is 0 Å². The summed E-state index contributed by atoms with van der Waals surface area (Å²) in [6.45, 7) is 5.41. The summed E-state index contributed by atoms with van der Waals surface area (Å²) in [4.78, 5) is 35.7. The summed E-state index contributed by atoms with van der Waals surface area (Å²) in [5, 5.41) is 5.24. The Bertz CT molecular complexity index is 331. The minimum absolute atomic E-state index is 0.0626. The number of carbonyl (C=O) groups is 3. The second-order valence-corrected chi connectivity index (χ2v) is 4.70. The van der Waals surface area contributed by atoms with E-state index in [9.17, 15) is 14.4 Å². The van der Waals surface area contributed by atoms with Gasteiger partial charge in [-0.05, 0) is 20.9 Å². The molecule has 0 spiro atoms. The van der Waals surface area contributed by atoms with Crippen LogP contribution in [0.1, 0.15) is 20.8 Å². The number of nitrogens with zero attached hydrogens (tertiary/aromatic N) is 1. The largest absolute Gasteiger partial charge is 0.467 e. The van der Waals surface area contributed by atoms with Gasteiger partial charge in [-0.3, -0.25) is 14.5 Å². The molecule has 0 aliphatic heterocycles. The van der Waals surface area contributed by atoms with Crippen molar-refractivity contribution in [2.75, 3.05) is 27.2 Å². The maximum atomic E-state index is 11.6. The van der Waals surface area contributed by atoms with Gasteiger partial charge < -0.3 is 15.4 Å². The molecule has 0 aliphatic carbocycles. The molecule has 1 unspecified atom stereocenters. The zero-order valence-electron chi connectivity index (χ0n) is 12.1. The molecule has 0 bridgehead atoms. The molecule has 0 aliphatic rings. The molecule has 0 rings (SSSR count). The van der Waals surface area contributed by atoms with Crippen molar-refractivity contribution >= 4 is 17.8 Å². The highest BCUT2D eigenvalue weighted by molar-refractivity contribution is 5.83. The maximum Gasteiger partial charge on any atom is 0.329 e. The van der Waals surface area contributed by atoms with Gasteiger partial charge in [-0.2, -0.15) is 0 Å². The van der Waals surface area contributed by atoms with Crippen LogP contribution in [0.3, 0.4) is 0 Å². The van der Waals surface area contributed by atoms with Crippen molar-refractivity contribution in [3.05, 3.63) is 0 Å². The highest BCUT2D eigenvalue weighted by Gasteiger charge is 2.22. The average Bonchev–Trinajstić information content (AvgIpc) is 2.24. The second kappa shape index (κ2) is 8.47. The van der Waals surface area contributed by atoms with Crippen LogP contribution in [0.4, 0.5) is 0 Å². The lowest BCUT2D eigenvalue weighted by Crippen LogP contribution is -2.49. The van der Waals surface area contributed by atoms with Crippen LogP contribution in [-0.4, -0.2) is 62.0 Å². The molecule has 0 aromatic heterocycles. The third-order valence-corrected chi connectivity index (χ3v) is 2.22. The number of likely N-dealkylation sites (N-methyl/N-ethyl adjacent to an activating group) is 1. The van der Waals surface area contributed by atoms with E-state index in [0.29, 0.717) is 0 Å². The molecule has 19 heavy (non-hydrogen) atoms. The third kappa shape index (κ3) is 8.15. The zero-order valence-corrected chi connectivity index (χ0v) is 12.1. The maximum absolute atomic E-state index is 11.6. The molecule has 0 saturated carbocycles. The Hall–Kier alpha value is -1.63. The topological polar surface area (TPSA) is 87.7 Å². The summed E-state index contributed by atoms with van der Waals surface area (Å²) in [6, 6.07) is -0.716. The van der Waals surface area contributed by atoms with Crippen LogP contribution in [0, 0.1) is 0 Å². The number of nitrogens with one attached hydrogen (secondary N) is 2. The molecule has 7 heteroatoms. The molecule has 110 valence electrons. The van der Waals surface area contributed by atoms with E-state index in [4.69, 9.17) is 0 Å². The van der Waals surface area contributed by atoms with Gasteiger partial charge in [-0.25, -0.2) is 4.79 Å². The summed E-state index contributed by atoms with van der Waals surface area (Å²) in [5.41, 5.74) is 0. The van der Waals surface area contributed by atoms with Crippen molar-refractivity contribution in [1.29, 1.82) is 0 Å². The molecule has 0 aromatic carbocycles. The number of carbonyl (C=O) groups excluding carboxylic acids is 3. The molecule has 0 saturated heterocycles. The number of amides is 2. The molecule has 2 N–H and O–H groups in total. The number of rotatable bonds is 7. The molecule has 2 amide bonds. The molecule has 7 nitrogen and oxygen atoms in total. The molecule has 0 heterocycles. The smallest absolute Gasteiger partial charge is 0.329 e. The zero-order chi connectivity index (χ0) is 15.0. The molecule has 0 fully saturated rings. The Balaban J connectivity index is 4.37. The quantitative estimate of drug-likeness (QED) is 0.588. The van der Waals surface area contributed by atoms with E-state index in [-0.39, 0.29) is 30.9 Å². The van der Waals surface area contributed by atoms with Gasteiger partial charge in [0.05, 0.1) is 13.7 Å². The lowest BCUT2D eigenvalue weighted by Gasteiger charge is -2.22. The normalized spacial score (nSPS) is 12.2. The van der Waals surface area contributed by atoms with Gasteiger partial charge in [0.15, 0.2) is 0 Å². The summed E-state index contributed by atoms with van der Waals surface area (Å²) in [5.74, 6) is -0.995. The van der Waals surface area contributed by atoms with E-state index in [2.05, 4.69) is 15.4 Å². The van der Waals surface area contributed by atoms with Crippen LogP contribution < -0.4 is 10.6 Å². The monoisotopic (exact) mass is 273 g/mol. The van der Waals surface area contributed by atoms with E-state index in [1.54, 1.807) is 11.9 Å². The van der Waals surface area contributed by atoms with Crippen molar-refractivity contribution in [3.63, 3.8) is 0 Å². The van der Waals surface area contributed by atoms with E-state index in [1.807, 2.05) is 13.8 Å². The van der Waals surface area contributed by atoms with Crippen LogP contribution in [0.15, 0.2) is 0 Å². The number of methoxy groups -OCH3 is 1. The van der Waals surface area contributed by atoms with Crippen LogP contribution in [-0.2, 0) is 19.1 Å². The first-order valence-corrected chi connectivity index (χ1v) is 6.09. The first kappa shape index (κ1) is 17.4. The van der Waals surface area contributed by atoms with E-state index < -0.39 is 12.0 Å². The molecule has 0 aromatic rings. The minimum Gasteiger partial charge on any atom is -0.467 e. The number of hydrogen-bond acceptors (Lipinski definition) is 5. The summed E-state index contributed by atoms with van der Waals surface area (Å²) < 4.78 is 4.60. The van der Waals surface area contributed by atoms with Crippen LogP contribution >= 0.6 is 0 Å². The fraction of sp³-hybridized carbons (Fsp3) is 0.750. The fourth-order valence-electron chi connectivity index (χ4n) is 1.56. The number of esters is 1. The Kier molecular flexibility index (Phi) is 7.74. The Morgan fingerprint density at radius 3 is 2.21 bits per heavy atom. The van der Waals surface area contributed by atoms with E-state index >= 15 is 0 Å². The molecule has 1 atom stereocenters. The van der Waals surface area contributed by atoms with Gasteiger partial charge in [-0.1, -0.05) is 0 Å². The number of hydrogen-bond donors (Lipinski definition) is 2. The predicted octanol–water partition coefficient (Wildman–Crippen LogP) is -0.879. The van der Waals surface area contributed by atoms with Crippen molar-refractivity contribution in [1.82, 2.24) is 15.5 Å². The van der Waals surface area contributed by atoms with Crippen molar-refractivity contribution in [2.24, 2.45) is 0 Å². The van der Waals surface area contributed by atoms with Crippen LogP contribution in [0.5, 0.6) is 0 Å². The summed E-state index contributed by atoms with van der Waals surface area (Å²) >= 11 is 0. The van der Waals surface area contributed by atoms with E-state index in [0.717, 1.165) is 0 Å². The first-order valence-electron chi connectivity index (χ1n) is 6.09. The summed E-state index contributed by atoms with van der Waals surface area (Å²) in [6.07, 6.45) is 0. The standard InChI is InChI=1S/C12H23N3O4/c1-8(2)13-11(17)7-15(4)6-10(12(18)19-5)14-9(3)16/h8,10H,6-7H2,1-5H3,(H,13,17)(H,14,16). The second-order valence-electron chi connectivity index (χ2n) is 4.70. The Morgan fingerprint density at radius 1 is 1.21 bits per heavy atom. The van der Waals surface area contributed by atoms with Crippen LogP contribution in [0.25, 0.3) is 0 Å². The fourth-order valence-corrected chi connectivity index (χ4v) is 1.56. The predicted molar refractivity (Wildman–Crippen MR) is 70.4 cm³/mol. The van der Waals surface area contributed by atoms with Gasteiger partial charge >= 0.3 is 5.97 Å². The van der Waals surface area contributed by atoms with Crippen molar-refractivity contribution in [3.8, 4) is 0 Å². The molecular formula is C12H23N3O4. The lowest BCUT2D eigenvalue weighted by atomic mass is 10.2. The van der Waals surface area contributed by atoms with E-state index in [1.165, 1.54) is 14.0 Å². The highest BCUT2D eigenvalue weighted by Crippen LogP contribution is 1.94. The highest BCUT2D eigenvalue weighted by atomic mass is 16.5. The van der Waals surface area contributed by atoms with Gasteiger partial charge in [0.1, 0.15) is 6.04 Å². The van der Waals surface area contributed by atoms with Crippen LogP contribution in [0.2, 0.25) is 0 Å². The average molecular weight is 273 g/mol. The number of ether oxygens (including phenoxy) is 1. The Labute approximate surface area is 113 Å². The van der Waals surface area contributed by atoms with Gasteiger partial charge in [-0.15, -0.1) is 0 Å². The first-order chi connectivity index (χ1) is 8.76. The lowest BCUT2D eigenvalue weighted by molar-refractivity contribution is -0.145. The van der Waals surface area contributed by atoms with Crippen molar-refractivity contribution < 1.29 is 19.1 Å². The molecular weight excluding hydrogens is 250 g/mol. The minimum atomic E-state index is -0.778. The third-order valence-electron chi connectivity index (χ3n) is 2.22. The van der Waals surface area contributed by atoms with Gasteiger partial charge in [0, 0.05) is 19.5 Å².